The van der Waals surface area contributed by atoms with Gasteiger partial charge in [0.15, 0.2) is 16.8 Å². The smallest absolute Gasteiger partial charge is 0.251 e. The first-order valence-electron chi connectivity index (χ1n) is 19.2. The van der Waals surface area contributed by atoms with Gasteiger partial charge in [0.05, 0.1) is 82.8 Å². The van der Waals surface area contributed by atoms with Crippen molar-refractivity contribution in [1.82, 2.24) is 10.6 Å². The summed E-state index contributed by atoms with van der Waals surface area (Å²) in [5.41, 5.74) is 13.2. The van der Waals surface area contributed by atoms with E-state index in [9.17, 15) is 19.8 Å². The zero-order chi connectivity index (χ0) is 40.7. The Bertz CT molecular complexity index is 2220. The number of para-hydroxylation sites is 1. The van der Waals surface area contributed by atoms with Gasteiger partial charge in [0.25, 0.3) is 5.91 Å². The number of ether oxygens (including phenoxy) is 5. The van der Waals surface area contributed by atoms with E-state index < -0.39 is 11.5 Å². The minimum atomic E-state index is -0.509. The first-order valence-corrected chi connectivity index (χ1v) is 19.2. The van der Waals surface area contributed by atoms with Crippen LogP contribution in [0, 0.1) is 0 Å². The van der Waals surface area contributed by atoms with Crippen LogP contribution in [0.2, 0.25) is 0 Å². The van der Waals surface area contributed by atoms with Crippen LogP contribution in [0.5, 0.6) is 11.5 Å². The molecule has 14 nitrogen and oxygen atoms in total. The summed E-state index contributed by atoms with van der Waals surface area (Å²) in [6, 6.07) is 26.9. The molecule has 5 aromatic rings. The summed E-state index contributed by atoms with van der Waals surface area (Å²) in [6.45, 7) is 5.96. The van der Waals surface area contributed by atoms with Gasteiger partial charge in [-0.3, -0.25) is 9.59 Å². The van der Waals surface area contributed by atoms with Crippen LogP contribution < -0.4 is 26.7 Å². The molecule has 0 fully saturated rings. The van der Waals surface area contributed by atoms with Crippen molar-refractivity contribution in [3.05, 3.63) is 123 Å². The van der Waals surface area contributed by atoms with Crippen LogP contribution in [0.25, 0.3) is 33.7 Å². The van der Waals surface area contributed by atoms with Crippen molar-refractivity contribution in [3.63, 3.8) is 0 Å². The van der Waals surface area contributed by atoms with E-state index in [1.54, 1.807) is 24.3 Å². The minimum Gasteiger partial charge on any atom is -0.504 e. The Morgan fingerprint density at radius 1 is 0.741 bits per heavy atom. The van der Waals surface area contributed by atoms with E-state index in [0.29, 0.717) is 96.0 Å². The molecule has 58 heavy (non-hydrogen) atoms. The van der Waals surface area contributed by atoms with Crippen LogP contribution in [0.3, 0.4) is 0 Å². The lowest BCUT2D eigenvalue weighted by Gasteiger charge is -2.29. The summed E-state index contributed by atoms with van der Waals surface area (Å²) in [6.07, 6.45) is 0. The maximum Gasteiger partial charge on any atom is 0.251 e. The van der Waals surface area contributed by atoms with Gasteiger partial charge in [-0.1, -0.05) is 54.6 Å². The monoisotopic (exact) mass is 794 g/mol. The summed E-state index contributed by atoms with van der Waals surface area (Å²) in [7, 11) is 2.08. The number of nitrogens with one attached hydrogen (secondary N) is 2. The quantitative estimate of drug-likeness (QED) is 0.0509. The molecule has 306 valence electrons. The second kappa shape index (κ2) is 21.0. The highest BCUT2D eigenvalue weighted by Crippen LogP contribution is 2.35. The highest BCUT2D eigenvalue weighted by Gasteiger charge is 2.20. The number of nitrogens with zero attached hydrogens (tertiary/aromatic N) is 1. The Balaban J connectivity index is 0.758. The Hall–Kier alpha value is -5.90. The van der Waals surface area contributed by atoms with Gasteiger partial charge in [-0.2, -0.15) is 0 Å². The van der Waals surface area contributed by atoms with Crippen LogP contribution in [0.15, 0.2) is 100 Å². The van der Waals surface area contributed by atoms with Gasteiger partial charge in [0.2, 0.25) is 5.75 Å². The summed E-state index contributed by atoms with van der Waals surface area (Å²) in [5, 5.41) is 26.3. The standard InChI is InChI=1S/C44H50N4O10/c1-48-29-32-6-2-3-7-33(32)41(40(45)34-8-4-5-9-36(34)48)46-16-18-53-20-22-55-24-26-57-27-25-56-23-21-54-19-17-47-44(52)31-12-10-30(11-13-31)39-28-38(50)35-14-15-37(49)42(51)43(35)58-39/h2-15,28,46,49,51H,16-27,29,45H2,1H3,(H,47,52)/b41-40-. The molecule has 4 aromatic carbocycles. The number of nitrogens with two attached hydrogens (primary N) is 1. The highest BCUT2D eigenvalue weighted by molar-refractivity contribution is 5.95. The lowest BCUT2D eigenvalue weighted by molar-refractivity contribution is -0.0104. The van der Waals surface area contributed by atoms with Gasteiger partial charge in [0, 0.05) is 60.7 Å². The average Bonchev–Trinajstić information content (AvgIpc) is 3.24. The number of amides is 1. The van der Waals surface area contributed by atoms with Crippen LogP contribution in [-0.2, 0) is 30.2 Å². The molecule has 6 N–H and O–H groups in total. The third kappa shape index (κ3) is 10.9. The average molecular weight is 795 g/mol. The van der Waals surface area contributed by atoms with Crippen LogP contribution in [-0.4, -0.2) is 102 Å². The van der Waals surface area contributed by atoms with Crippen LogP contribution >= 0.6 is 0 Å². The molecule has 0 saturated carbocycles. The van der Waals surface area contributed by atoms with Crippen molar-refractivity contribution in [2.75, 3.05) is 91.1 Å². The molecule has 0 bridgehead atoms. The number of benzene rings is 4. The Kier molecular flexibility index (Phi) is 15.1. The normalized spacial score (nSPS) is 13.8. The fourth-order valence-corrected chi connectivity index (χ4v) is 6.44. The van der Waals surface area contributed by atoms with Gasteiger partial charge in [-0.05, 0) is 35.9 Å². The van der Waals surface area contributed by atoms with Gasteiger partial charge < -0.3 is 59.6 Å². The number of carbonyl (C=O) groups excluding carboxylic acids is 1. The maximum absolute atomic E-state index is 12.6. The van der Waals surface area contributed by atoms with E-state index in [2.05, 4.69) is 52.9 Å². The molecule has 1 aliphatic heterocycles. The predicted molar refractivity (Wildman–Crippen MR) is 222 cm³/mol. The fraction of sp³-hybridized carbons (Fsp3) is 0.318. The first kappa shape index (κ1) is 41.7. The molecule has 0 saturated heterocycles. The number of rotatable bonds is 21. The zero-order valence-electron chi connectivity index (χ0n) is 32.5. The molecular formula is C44H50N4O10. The Morgan fingerprint density at radius 2 is 1.33 bits per heavy atom. The predicted octanol–water partition coefficient (Wildman–Crippen LogP) is 4.71. The van der Waals surface area contributed by atoms with Crippen molar-refractivity contribution in [2.45, 2.75) is 6.54 Å². The lowest BCUT2D eigenvalue weighted by atomic mass is 9.96. The van der Waals surface area contributed by atoms with Crippen molar-refractivity contribution in [1.29, 1.82) is 0 Å². The SMILES string of the molecule is CN1Cc2ccccc2/C(NCCOCCOCCOCCOCCOCCNC(=O)c2ccc(-c3cc(=O)c4ccc(O)c(O)c4o3)cc2)=C(/N)c2ccccc21. The summed E-state index contributed by atoms with van der Waals surface area (Å²) < 4.78 is 33.7. The first-order chi connectivity index (χ1) is 28.3. The van der Waals surface area contributed by atoms with Crippen LogP contribution in [0.1, 0.15) is 27.0 Å². The van der Waals surface area contributed by atoms with Crippen LogP contribution in [0.4, 0.5) is 5.69 Å². The Labute approximate surface area is 336 Å². The van der Waals surface area contributed by atoms with E-state index >= 15 is 0 Å². The number of phenolic OH excluding ortho intramolecular Hbond substituents is 2. The number of phenols is 2. The third-order valence-electron chi connectivity index (χ3n) is 9.42. The number of aromatic hydroxyl groups is 2. The van der Waals surface area contributed by atoms with E-state index in [4.69, 9.17) is 33.8 Å². The number of fused-ring (bicyclic) bond motifs is 3. The van der Waals surface area contributed by atoms with Gasteiger partial charge >= 0.3 is 0 Å². The Morgan fingerprint density at radius 3 is 2.00 bits per heavy atom. The molecule has 0 spiro atoms. The second-order valence-corrected chi connectivity index (χ2v) is 13.4. The van der Waals surface area contributed by atoms with Gasteiger partial charge in [0.1, 0.15) is 5.76 Å². The summed E-state index contributed by atoms with van der Waals surface area (Å²) >= 11 is 0. The summed E-state index contributed by atoms with van der Waals surface area (Å²) in [5.74, 6) is -0.995. The lowest BCUT2D eigenvalue weighted by Crippen LogP contribution is -2.27. The van der Waals surface area contributed by atoms with Gasteiger partial charge in [-0.25, -0.2) is 0 Å². The number of carbonyl (C=O) groups is 1. The molecule has 0 radical (unpaired) electrons. The van der Waals surface area contributed by atoms with Crippen molar-refractivity contribution in [2.24, 2.45) is 5.73 Å². The molecule has 2 heterocycles. The molecule has 1 aromatic heterocycles. The highest BCUT2D eigenvalue weighted by atomic mass is 16.6. The van der Waals surface area contributed by atoms with E-state index in [1.165, 1.54) is 23.8 Å². The molecule has 1 aliphatic rings. The second-order valence-electron chi connectivity index (χ2n) is 13.4. The zero-order valence-corrected chi connectivity index (χ0v) is 32.5. The number of hydrogen-bond donors (Lipinski definition) is 5. The summed E-state index contributed by atoms with van der Waals surface area (Å²) in [4.78, 5) is 27.3. The van der Waals surface area contributed by atoms with Crippen molar-refractivity contribution < 1.29 is 43.1 Å². The molecule has 0 unspecified atom stereocenters. The van der Waals surface area contributed by atoms with E-state index in [1.807, 2.05) is 18.2 Å². The molecule has 0 atom stereocenters. The molecular weight excluding hydrogens is 745 g/mol. The minimum absolute atomic E-state index is 0.110. The third-order valence-corrected chi connectivity index (χ3v) is 9.42. The van der Waals surface area contributed by atoms with Crippen molar-refractivity contribution in [3.8, 4) is 22.8 Å². The molecule has 1 amide bonds. The van der Waals surface area contributed by atoms with E-state index in [-0.39, 0.29) is 28.1 Å². The molecule has 14 heteroatoms. The number of hydrogen-bond acceptors (Lipinski definition) is 13. The maximum atomic E-state index is 12.6. The van der Waals surface area contributed by atoms with E-state index in [0.717, 1.165) is 29.1 Å². The molecule has 0 aliphatic carbocycles. The number of anilines is 1. The topological polar surface area (TPSA) is 187 Å². The largest absolute Gasteiger partial charge is 0.504 e. The fourth-order valence-electron chi connectivity index (χ4n) is 6.44. The van der Waals surface area contributed by atoms with Gasteiger partial charge in [-0.15, -0.1) is 0 Å². The van der Waals surface area contributed by atoms with Crippen molar-refractivity contribution >= 4 is 34.0 Å². The molecule has 6 rings (SSSR count).